The molecule has 24 heavy (non-hydrogen) atoms. The molecule has 0 radical (unpaired) electrons. The van der Waals surface area contributed by atoms with E-state index in [9.17, 15) is 0 Å². The van der Waals surface area contributed by atoms with Gasteiger partial charge >= 0.3 is 0 Å². The van der Waals surface area contributed by atoms with Crippen LogP contribution >= 0.6 is 11.3 Å². The quantitative estimate of drug-likeness (QED) is 0.584. The Morgan fingerprint density at radius 1 is 1.42 bits per heavy atom. The summed E-state index contributed by atoms with van der Waals surface area (Å²) in [6.45, 7) is 9.52. The van der Waals surface area contributed by atoms with Crippen LogP contribution in [0.25, 0.3) is 0 Å². The summed E-state index contributed by atoms with van der Waals surface area (Å²) in [5, 5.41) is 9.23. The number of methoxy groups -OCH3 is 1. The number of piperidine rings is 1. The molecule has 0 atom stereocenters. The van der Waals surface area contributed by atoms with E-state index in [-0.39, 0.29) is 5.41 Å². The predicted molar refractivity (Wildman–Crippen MR) is 103 cm³/mol. The molecule has 0 spiro atoms. The third kappa shape index (κ3) is 5.76. The minimum Gasteiger partial charge on any atom is -0.383 e. The van der Waals surface area contributed by atoms with Crippen molar-refractivity contribution in [2.24, 2.45) is 4.99 Å². The minimum absolute atomic E-state index is 0.106. The van der Waals surface area contributed by atoms with Crippen LogP contribution in [0.4, 0.5) is 0 Å². The summed E-state index contributed by atoms with van der Waals surface area (Å²) in [6.07, 6.45) is 2.30. The molecule has 1 aliphatic heterocycles. The minimum atomic E-state index is 0.106. The van der Waals surface area contributed by atoms with E-state index in [0.29, 0.717) is 6.04 Å². The molecule has 0 saturated carbocycles. The Bertz CT molecular complexity index is 493. The Labute approximate surface area is 150 Å². The summed E-state index contributed by atoms with van der Waals surface area (Å²) < 4.78 is 5.16. The molecule has 1 saturated heterocycles. The maximum Gasteiger partial charge on any atom is 0.191 e. The Morgan fingerprint density at radius 2 is 2.17 bits per heavy atom. The van der Waals surface area contributed by atoms with Crippen LogP contribution in [0.1, 0.15) is 31.6 Å². The normalized spacial score (nSPS) is 17.9. The van der Waals surface area contributed by atoms with Crippen LogP contribution in [-0.4, -0.2) is 63.8 Å². The number of nitrogens with one attached hydrogen (secondary N) is 2. The molecule has 1 fully saturated rings. The first-order valence-electron chi connectivity index (χ1n) is 8.77. The van der Waals surface area contributed by atoms with Crippen LogP contribution < -0.4 is 10.6 Å². The van der Waals surface area contributed by atoms with Gasteiger partial charge in [0.05, 0.1) is 6.61 Å². The molecule has 136 valence electrons. The van der Waals surface area contributed by atoms with Gasteiger partial charge in [-0.2, -0.15) is 0 Å². The fourth-order valence-electron chi connectivity index (χ4n) is 2.96. The molecule has 0 unspecified atom stereocenters. The second kappa shape index (κ2) is 9.39. The van der Waals surface area contributed by atoms with E-state index >= 15 is 0 Å². The standard InChI is InChI=1S/C18H32N4OS/c1-18(2,16-6-5-13-24-16)14-20-17(19-3)21-15-7-9-22(10-8-15)11-12-23-4/h5-6,13,15H,7-12,14H2,1-4H3,(H2,19,20,21). The molecule has 1 aromatic heterocycles. The van der Waals surface area contributed by atoms with Gasteiger partial charge in [-0.15, -0.1) is 11.3 Å². The zero-order valence-electron chi connectivity index (χ0n) is 15.5. The fraction of sp³-hybridized carbons (Fsp3) is 0.722. The zero-order valence-corrected chi connectivity index (χ0v) is 16.3. The monoisotopic (exact) mass is 352 g/mol. The molecule has 1 aromatic rings. The van der Waals surface area contributed by atoms with Crippen LogP contribution in [0.2, 0.25) is 0 Å². The first-order valence-corrected chi connectivity index (χ1v) is 9.65. The Hall–Kier alpha value is -1.11. The van der Waals surface area contributed by atoms with Crippen LogP contribution in [0.15, 0.2) is 22.5 Å². The molecule has 2 heterocycles. The van der Waals surface area contributed by atoms with E-state index in [1.807, 2.05) is 18.4 Å². The lowest BCUT2D eigenvalue weighted by Crippen LogP contribution is -2.50. The van der Waals surface area contributed by atoms with Crippen molar-refractivity contribution in [1.82, 2.24) is 15.5 Å². The number of thiophene rings is 1. The van der Waals surface area contributed by atoms with Crippen LogP contribution in [-0.2, 0) is 10.2 Å². The molecule has 6 heteroatoms. The van der Waals surface area contributed by atoms with Crippen molar-refractivity contribution in [1.29, 1.82) is 0 Å². The molecule has 0 amide bonds. The molecule has 1 aliphatic rings. The van der Waals surface area contributed by atoms with E-state index in [0.717, 1.165) is 51.6 Å². The summed E-state index contributed by atoms with van der Waals surface area (Å²) in [6, 6.07) is 4.82. The first kappa shape index (κ1) is 19.2. The Morgan fingerprint density at radius 3 is 2.75 bits per heavy atom. The number of likely N-dealkylation sites (tertiary alicyclic amines) is 1. The van der Waals surface area contributed by atoms with Crippen molar-refractivity contribution in [3.8, 4) is 0 Å². The highest BCUT2D eigenvalue weighted by Gasteiger charge is 2.23. The molecule has 0 aromatic carbocycles. The van der Waals surface area contributed by atoms with E-state index in [1.165, 1.54) is 4.88 Å². The molecule has 2 rings (SSSR count). The Kier molecular flexibility index (Phi) is 7.52. The van der Waals surface area contributed by atoms with Crippen LogP contribution in [0.3, 0.4) is 0 Å². The molecular formula is C18H32N4OS. The summed E-state index contributed by atoms with van der Waals surface area (Å²) in [5.41, 5.74) is 0.106. The lowest BCUT2D eigenvalue weighted by atomic mass is 9.91. The number of nitrogens with zero attached hydrogens (tertiary/aromatic N) is 2. The molecule has 2 N–H and O–H groups in total. The van der Waals surface area contributed by atoms with Crippen molar-refractivity contribution in [2.45, 2.75) is 38.1 Å². The van der Waals surface area contributed by atoms with Crippen molar-refractivity contribution in [3.05, 3.63) is 22.4 Å². The smallest absolute Gasteiger partial charge is 0.191 e. The molecule has 5 nitrogen and oxygen atoms in total. The van der Waals surface area contributed by atoms with E-state index < -0.39 is 0 Å². The van der Waals surface area contributed by atoms with Gasteiger partial charge in [0, 0.05) is 56.7 Å². The van der Waals surface area contributed by atoms with Crippen molar-refractivity contribution >= 4 is 17.3 Å². The summed E-state index contributed by atoms with van der Waals surface area (Å²) in [7, 11) is 3.61. The second-order valence-electron chi connectivity index (χ2n) is 7.04. The average molecular weight is 353 g/mol. The number of hydrogen-bond acceptors (Lipinski definition) is 4. The van der Waals surface area contributed by atoms with Gasteiger partial charge < -0.3 is 20.3 Å². The summed E-state index contributed by atoms with van der Waals surface area (Å²) in [4.78, 5) is 8.27. The van der Waals surface area contributed by atoms with Gasteiger partial charge in [0.25, 0.3) is 0 Å². The van der Waals surface area contributed by atoms with Gasteiger partial charge in [-0.25, -0.2) is 0 Å². The van der Waals surface area contributed by atoms with E-state index in [4.69, 9.17) is 4.74 Å². The number of rotatable bonds is 7. The lowest BCUT2D eigenvalue weighted by Gasteiger charge is -2.33. The largest absolute Gasteiger partial charge is 0.383 e. The third-order valence-electron chi connectivity index (χ3n) is 4.65. The van der Waals surface area contributed by atoms with Crippen molar-refractivity contribution in [2.75, 3.05) is 46.9 Å². The highest BCUT2D eigenvalue weighted by Crippen LogP contribution is 2.26. The third-order valence-corrected chi connectivity index (χ3v) is 5.89. The Balaban J connectivity index is 1.75. The zero-order chi connectivity index (χ0) is 17.4. The van der Waals surface area contributed by atoms with Gasteiger partial charge in [0.1, 0.15) is 0 Å². The number of ether oxygens (including phenoxy) is 1. The van der Waals surface area contributed by atoms with Gasteiger partial charge in [-0.3, -0.25) is 4.99 Å². The number of aliphatic imine (C=N–C) groups is 1. The van der Waals surface area contributed by atoms with Crippen LogP contribution in [0.5, 0.6) is 0 Å². The number of guanidine groups is 1. The summed E-state index contributed by atoms with van der Waals surface area (Å²) >= 11 is 1.82. The molecule has 0 aliphatic carbocycles. The average Bonchev–Trinajstić information content (AvgIpc) is 3.13. The van der Waals surface area contributed by atoms with Gasteiger partial charge in [-0.05, 0) is 24.3 Å². The topological polar surface area (TPSA) is 48.9 Å². The van der Waals surface area contributed by atoms with E-state index in [2.05, 4.69) is 51.9 Å². The lowest BCUT2D eigenvalue weighted by molar-refractivity contribution is 0.128. The highest BCUT2D eigenvalue weighted by molar-refractivity contribution is 7.10. The maximum absolute atomic E-state index is 5.16. The van der Waals surface area contributed by atoms with Gasteiger partial charge in [0.2, 0.25) is 0 Å². The second-order valence-corrected chi connectivity index (χ2v) is 7.99. The fourth-order valence-corrected chi connectivity index (χ4v) is 3.82. The van der Waals surface area contributed by atoms with Crippen LogP contribution in [0, 0.1) is 0 Å². The predicted octanol–water partition coefficient (Wildman–Crippen LogP) is 2.30. The highest BCUT2D eigenvalue weighted by atomic mass is 32.1. The number of hydrogen-bond donors (Lipinski definition) is 2. The molecule has 0 bridgehead atoms. The van der Waals surface area contributed by atoms with Gasteiger partial charge in [-0.1, -0.05) is 19.9 Å². The molecular weight excluding hydrogens is 320 g/mol. The van der Waals surface area contributed by atoms with Crippen molar-refractivity contribution in [3.63, 3.8) is 0 Å². The van der Waals surface area contributed by atoms with E-state index in [1.54, 1.807) is 7.11 Å². The maximum atomic E-state index is 5.16. The SMILES string of the molecule is CN=C(NCC(C)(C)c1cccs1)NC1CCN(CCOC)CC1. The van der Waals surface area contributed by atoms with Gasteiger partial charge in [0.15, 0.2) is 5.96 Å². The van der Waals surface area contributed by atoms with Crippen molar-refractivity contribution < 1.29 is 4.74 Å². The first-order chi connectivity index (χ1) is 11.5. The summed E-state index contributed by atoms with van der Waals surface area (Å²) in [5.74, 6) is 0.912.